The highest BCUT2D eigenvalue weighted by Crippen LogP contribution is 2.33. The Balaban J connectivity index is 0.000000320. The summed E-state index contributed by atoms with van der Waals surface area (Å²) < 4.78 is 0. The van der Waals surface area contributed by atoms with Crippen molar-refractivity contribution in [3.63, 3.8) is 0 Å². The van der Waals surface area contributed by atoms with Crippen molar-refractivity contribution in [2.75, 3.05) is 13.1 Å². The first-order valence-corrected chi connectivity index (χ1v) is 2.56. The summed E-state index contributed by atoms with van der Waals surface area (Å²) in [5.41, 5.74) is 0.0833. The summed E-state index contributed by atoms with van der Waals surface area (Å²) in [6.45, 7) is 2.07. The molecule has 46 valence electrons. The molecule has 1 fully saturated rings. The van der Waals surface area contributed by atoms with E-state index in [0.29, 0.717) is 0 Å². The molecule has 1 saturated heterocycles. The highest BCUT2D eigenvalue weighted by atomic mass is 35.5. The first kappa shape index (κ1) is 5.98. The zero-order valence-electron chi connectivity index (χ0n) is 4.42. The highest BCUT2D eigenvalue weighted by molar-refractivity contribution is 5.85. The lowest BCUT2D eigenvalue weighted by atomic mass is 10.2. The Kier molecular flexibility index (Phi) is 1.25. The van der Waals surface area contributed by atoms with Gasteiger partial charge in [-0.25, -0.2) is 0 Å². The lowest BCUT2D eigenvalue weighted by Crippen LogP contribution is -2.14. The Morgan fingerprint density at radius 2 is 2.12 bits per heavy atom. The molecule has 0 aliphatic carbocycles. The van der Waals surface area contributed by atoms with E-state index in [9.17, 15) is 0 Å². The van der Waals surface area contributed by atoms with Gasteiger partial charge in [0.1, 0.15) is 0 Å². The summed E-state index contributed by atoms with van der Waals surface area (Å²) in [4.78, 5) is 0. The van der Waals surface area contributed by atoms with Crippen LogP contribution in [0.3, 0.4) is 0 Å². The van der Waals surface area contributed by atoms with E-state index >= 15 is 0 Å². The van der Waals surface area contributed by atoms with Gasteiger partial charge in [-0.3, -0.25) is 0 Å². The maximum Gasteiger partial charge on any atom is 0.204 e. The molecule has 0 aromatic rings. The van der Waals surface area contributed by atoms with Crippen molar-refractivity contribution in [2.45, 2.75) is 12.1 Å². The van der Waals surface area contributed by atoms with Crippen LogP contribution < -0.4 is 5.32 Å². The molecule has 2 aliphatic heterocycles. The van der Waals surface area contributed by atoms with Crippen molar-refractivity contribution >= 4 is 12.4 Å². The number of halogens is 1. The van der Waals surface area contributed by atoms with Gasteiger partial charge in [-0.15, -0.1) is 12.4 Å². The van der Waals surface area contributed by atoms with Crippen molar-refractivity contribution in [1.29, 1.82) is 0 Å². The van der Waals surface area contributed by atoms with Crippen LogP contribution >= 0.6 is 12.4 Å². The average Bonchev–Trinajstić information content (AvgIpc) is 2.15. The van der Waals surface area contributed by atoms with E-state index < -0.39 is 0 Å². The largest absolute Gasteiger partial charge is 0.312 e. The molecule has 0 amide bonds. The van der Waals surface area contributed by atoms with E-state index in [1.165, 1.54) is 0 Å². The third-order valence-corrected chi connectivity index (χ3v) is 1.49. The number of rotatable bonds is 0. The van der Waals surface area contributed by atoms with E-state index in [0.717, 1.165) is 19.5 Å². The summed E-state index contributed by atoms with van der Waals surface area (Å²) in [5.74, 6) is 0. The fraction of sp³-hybridized carbons (Fsp3) is 1.00. The summed E-state index contributed by atoms with van der Waals surface area (Å²) in [6, 6.07) is 0. The Bertz CT molecular complexity index is 108. The molecule has 0 atom stereocenters. The average molecular weight is 134 g/mol. The zero-order valence-corrected chi connectivity index (χ0v) is 5.24. The van der Waals surface area contributed by atoms with Gasteiger partial charge < -0.3 is 5.32 Å². The van der Waals surface area contributed by atoms with Gasteiger partial charge in [-0.05, 0) is 6.54 Å². The SMILES string of the molecule is C1CC2(CN1)N=N2.Cl. The van der Waals surface area contributed by atoms with Crippen LogP contribution in [0.25, 0.3) is 0 Å². The van der Waals surface area contributed by atoms with Crippen molar-refractivity contribution in [1.82, 2.24) is 5.32 Å². The third-order valence-electron chi connectivity index (χ3n) is 1.49. The normalized spacial score (nSPS) is 28.0. The molecular weight excluding hydrogens is 126 g/mol. The predicted octanol–water partition coefficient (Wildman–Crippen LogP) is 0.564. The van der Waals surface area contributed by atoms with Gasteiger partial charge in [0.2, 0.25) is 5.66 Å². The quantitative estimate of drug-likeness (QED) is 0.515. The molecule has 0 aromatic heterocycles. The van der Waals surface area contributed by atoms with Gasteiger partial charge >= 0.3 is 0 Å². The van der Waals surface area contributed by atoms with E-state index in [1.807, 2.05) is 0 Å². The fourth-order valence-corrected chi connectivity index (χ4v) is 0.907. The van der Waals surface area contributed by atoms with Crippen LogP contribution in [0, 0.1) is 0 Å². The molecule has 1 N–H and O–H groups in total. The van der Waals surface area contributed by atoms with Crippen LogP contribution in [0.1, 0.15) is 6.42 Å². The summed E-state index contributed by atoms with van der Waals surface area (Å²) in [6.07, 6.45) is 1.12. The minimum absolute atomic E-state index is 0. The molecule has 3 nitrogen and oxygen atoms in total. The van der Waals surface area contributed by atoms with Crippen LogP contribution in [0.5, 0.6) is 0 Å². The van der Waals surface area contributed by atoms with Crippen molar-refractivity contribution in [3.05, 3.63) is 0 Å². The third kappa shape index (κ3) is 0.717. The van der Waals surface area contributed by atoms with Crippen molar-refractivity contribution in [3.8, 4) is 0 Å². The second-order valence-corrected chi connectivity index (χ2v) is 2.11. The second kappa shape index (κ2) is 1.67. The monoisotopic (exact) mass is 133 g/mol. The molecule has 4 heteroatoms. The molecule has 0 saturated carbocycles. The molecule has 2 aliphatic rings. The summed E-state index contributed by atoms with van der Waals surface area (Å²) in [7, 11) is 0. The molecule has 0 radical (unpaired) electrons. The van der Waals surface area contributed by atoms with Crippen LogP contribution in [-0.4, -0.2) is 18.8 Å². The van der Waals surface area contributed by atoms with E-state index in [2.05, 4.69) is 15.5 Å². The smallest absolute Gasteiger partial charge is 0.204 e. The van der Waals surface area contributed by atoms with Gasteiger partial charge in [0.15, 0.2) is 0 Å². The van der Waals surface area contributed by atoms with Crippen LogP contribution in [0.15, 0.2) is 10.2 Å². The first-order valence-electron chi connectivity index (χ1n) is 2.56. The maximum atomic E-state index is 3.90. The Morgan fingerprint density at radius 1 is 1.38 bits per heavy atom. The van der Waals surface area contributed by atoms with Gasteiger partial charge in [0.05, 0.1) is 0 Å². The number of hydrogen-bond acceptors (Lipinski definition) is 3. The minimum atomic E-state index is 0. The summed E-state index contributed by atoms with van der Waals surface area (Å²) >= 11 is 0. The molecule has 2 rings (SSSR count). The molecular formula is C4H8ClN3. The Morgan fingerprint density at radius 3 is 2.38 bits per heavy atom. The molecule has 0 aromatic carbocycles. The standard InChI is InChI=1S/C4H7N3.ClH/c1-2-5-3-4(1)6-7-4;/h5H,1-3H2;1H. The van der Waals surface area contributed by atoms with Crippen LogP contribution in [-0.2, 0) is 0 Å². The first-order chi connectivity index (χ1) is 3.41. The van der Waals surface area contributed by atoms with Crippen LogP contribution in [0.2, 0.25) is 0 Å². The Hall–Kier alpha value is -0.150. The topological polar surface area (TPSA) is 36.8 Å². The van der Waals surface area contributed by atoms with E-state index in [-0.39, 0.29) is 18.1 Å². The number of nitrogens with one attached hydrogen (secondary N) is 1. The molecule has 1 spiro atoms. The van der Waals surface area contributed by atoms with Crippen molar-refractivity contribution in [2.24, 2.45) is 10.2 Å². The fourth-order valence-electron chi connectivity index (χ4n) is 0.907. The molecule has 0 unspecified atom stereocenters. The Labute approximate surface area is 54.0 Å². The van der Waals surface area contributed by atoms with Gasteiger partial charge in [0, 0.05) is 13.0 Å². The van der Waals surface area contributed by atoms with E-state index in [1.54, 1.807) is 0 Å². The summed E-state index contributed by atoms with van der Waals surface area (Å²) in [5, 5.41) is 11.0. The lowest BCUT2D eigenvalue weighted by molar-refractivity contribution is 0.666. The predicted molar refractivity (Wildman–Crippen MR) is 32.3 cm³/mol. The van der Waals surface area contributed by atoms with Gasteiger partial charge in [-0.2, -0.15) is 10.2 Å². The van der Waals surface area contributed by atoms with Gasteiger partial charge in [0.25, 0.3) is 0 Å². The van der Waals surface area contributed by atoms with Gasteiger partial charge in [-0.1, -0.05) is 0 Å². The molecule has 8 heavy (non-hydrogen) atoms. The second-order valence-electron chi connectivity index (χ2n) is 2.11. The highest BCUT2D eigenvalue weighted by Gasteiger charge is 2.42. The number of hydrogen-bond donors (Lipinski definition) is 1. The van der Waals surface area contributed by atoms with Crippen molar-refractivity contribution < 1.29 is 0 Å². The molecule has 0 bridgehead atoms. The van der Waals surface area contributed by atoms with E-state index in [4.69, 9.17) is 0 Å². The zero-order chi connectivity index (χ0) is 4.74. The number of nitrogens with zero attached hydrogens (tertiary/aromatic N) is 2. The van der Waals surface area contributed by atoms with Crippen LogP contribution in [0.4, 0.5) is 0 Å². The minimum Gasteiger partial charge on any atom is -0.312 e. The molecule has 2 heterocycles. The maximum absolute atomic E-state index is 3.90. The lowest BCUT2D eigenvalue weighted by Gasteiger charge is -1.90.